The SMILES string of the molecule is Cc1cccc(N(C)C(=O)c2cccc(Br)c2Cl)c1. The summed E-state index contributed by atoms with van der Waals surface area (Å²) >= 11 is 9.49. The zero-order chi connectivity index (χ0) is 14.0. The summed E-state index contributed by atoms with van der Waals surface area (Å²) in [7, 11) is 1.74. The van der Waals surface area contributed by atoms with Gasteiger partial charge in [-0.2, -0.15) is 0 Å². The monoisotopic (exact) mass is 337 g/mol. The number of nitrogens with zero attached hydrogens (tertiary/aromatic N) is 1. The van der Waals surface area contributed by atoms with Crippen LogP contribution in [-0.2, 0) is 0 Å². The Kier molecular flexibility index (Phi) is 4.27. The molecule has 2 aromatic carbocycles. The number of hydrogen-bond donors (Lipinski definition) is 0. The minimum atomic E-state index is -0.128. The average Bonchev–Trinajstić information content (AvgIpc) is 2.40. The predicted molar refractivity (Wildman–Crippen MR) is 83.1 cm³/mol. The maximum absolute atomic E-state index is 12.5. The Labute approximate surface area is 126 Å². The van der Waals surface area contributed by atoms with E-state index in [-0.39, 0.29) is 5.91 Å². The number of halogens is 2. The van der Waals surface area contributed by atoms with E-state index in [0.717, 1.165) is 15.7 Å². The molecule has 4 heteroatoms. The molecule has 0 aliphatic carbocycles. The summed E-state index contributed by atoms with van der Waals surface area (Å²) in [5.74, 6) is -0.128. The van der Waals surface area contributed by atoms with Crippen LogP contribution in [0.3, 0.4) is 0 Å². The van der Waals surface area contributed by atoms with Gasteiger partial charge < -0.3 is 4.90 Å². The third-order valence-electron chi connectivity index (χ3n) is 2.88. The van der Waals surface area contributed by atoms with Crippen LogP contribution in [0.5, 0.6) is 0 Å². The van der Waals surface area contributed by atoms with Gasteiger partial charge in [0.2, 0.25) is 0 Å². The number of hydrogen-bond acceptors (Lipinski definition) is 1. The van der Waals surface area contributed by atoms with Crippen LogP contribution in [0.4, 0.5) is 5.69 Å². The zero-order valence-corrected chi connectivity index (χ0v) is 13.0. The predicted octanol–water partition coefficient (Wildman–Crippen LogP) is 4.69. The number of carbonyl (C=O) groups is 1. The topological polar surface area (TPSA) is 20.3 Å². The summed E-state index contributed by atoms with van der Waals surface area (Å²) in [6.45, 7) is 1.99. The molecule has 0 aromatic heterocycles. The minimum absolute atomic E-state index is 0.128. The van der Waals surface area contributed by atoms with E-state index in [1.165, 1.54) is 0 Å². The molecule has 1 amide bonds. The van der Waals surface area contributed by atoms with Gasteiger partial charge in [0.1, 0.15) is 0 Å². The van der Waals surface area contributed by atoms with Gasteiger partial charge in [0, 0.05) is 17.2 Å². The van der Waals surface area contributed by atoms with Crippen LogP contribution in [-0.4, -0.2) is 13.0 Å². The van der Waals surface area contributed by atoms with Gasteiger partial charge in [0.15, 0.2) is 0 Å². The molecule has 0 N–H and O–H groups in total. The van der Waals surface area contributed by atoms with Gasteiger partial charge in [-0.05, 0) is 52.7 Å². The Hall–Kier alpha value is -1.32. The summed E-state index contributed by atoms with van der Waals surface area (Å²) in [6, 6.07) is 13.1. The fraction of sp³-hybridized carbons (Fsp3) is 0.133. The number of anilines is 1. The van der Waals surface area contributed by atoms with Gasteiger partial charge in [-0.3, -0.25) is 4.79 Å². The lowest BCUT2D eigenvalue weighted by molar-refractivity contribution is 0.0993. The van der Waals surface area contributed by atoms with Crippen LogP contribution in [0, 0.1) is 6.92 Å². The van der Waals surface area contributed by atoms with Crippen molar-refractivity contribution in [2.75, 3.05) is 11.9 Å². The Morgan fingerprint density at radius 3 is 2.58 bits per heavy atom. The summed E-state index contributed by atoms with van der Waals surface area (Å²) in [6.07, 6.45) is 0. The van der Waals surface area contributed by atoms with Crippen LogP contribution in [0.1, 0.15) is 15.9 Å². The van der Waals surface area contributed by atoms with Gasteiger partial charge in [-0.25, -0.2) is 0 Å². The fourth-order valence-electron chi connectivity index (χ4n) is 1.80. The van der Waals surface area contributed by atoms with Crippen molar-refractivity contribution in [1.82, 2.24) is 0 Å². The zero-order valence-electron chi connectivity index (χ0n) is 10.7. The lowest BCUT2D eigenvalue weighted by Crippen LogP contribution is -2.26. The smallest absolute Gasteiger partial charge is 0.259 e. The number of amides is 1. The molecule has 2 aromatic rings. The largest absolute Gasteiger partial charge is 0.311 e. The first kappa shape index (κ1) is 14.1. The highest BCUT2D eigenvalue weighted by Crippen LogP contribution is 2.28. The molecular weight excluding hydrogens is 326 g/mol. The molecule has 0 heterocycles. The average molecular weight is 339 g/mol. The normalized spacial score (nSPS) is 10.3. The molecule has 0 saturated carbocycles. The fourth-order valence-corrected chi connectivity index (χ4v) is 2.38. The maximum atomic E-state index is 12.5. The molecular formula is C15H13BrClNO. The van der Waals surface area contributed by atoms with Gasteiger partial charge >= 0.3 is 0 Å². The molecule has 0 atom stereocenters. The molecule has 2 rings (SSSR count). The van der Waals surface area contributed by atoms with Crippen molar-refractivity contribution in [3.8, 4) is 0 Å². The van der Waals surface area contributed by atoms with E-state index in [1.807, 2.05) is 37.3 Å². The molecule has 19 heavy (non-hydrogen) atoms. The first-order valence-corrected chi connectivity index (χ1v) is 6.96. The number of benzene rings is 2. The van der Waals surface area contributed by atoms with Crippen molar-refractivity contribution < 1.29 is 4.79 Å². The van der Waals surface area contributed by atoms with E-state index in [0.29, 0.717) is 10.6 Å². The lowest BCUT2D eigenvalue weighted by atomic mass is 10.1. The van der Waals surface area contributed by atoms with Gasteiger partial charge in [-0.1, -0.05) is 29.8 Å². The lowest BCUT2D eigenvalue weighted by Gasteiger charge is -2.18. The molecule has 0 saturated heterocycles. The van der Waals surface area contributed by atoms with Crippen LogP contribution in [0.2, 0.25) is 5.02 Å². The summed E-state index contributed by atoms with van der Waals surface area (Å²) in [5, 5.41) is 0.437. The highest BCUT2D eigenvalue weighted by atomic mass is 79.9. The first-order chi connectivity index (χ1) is 9.00. The van der Waals surface area contributed by atoms with Crippen molar-refractivity contribution in [3.63, 3.8) is 0 Å². The molecule has 0 unspecified atom stereocenters. The first-order valence-electron chi connectivity index (χ1n) is 5.79. The van der Waals surface area contributed by atoms with Crippen molar-refractivity contribution >= 4 is 39.1 Å². The number of rotatable bonds is 2. The van der Waals surface area contributed by atoms with Crippen LogP contribution in [0.25, 0.3) is 0 Å². The molecule has 0 aliphatic heterocycles. The molecule has 98 valence electrons. The Morgan fingerprint density at radius 1 is 1.21 bits per heavy atom. The second-order valence-corrected chi connectivity index (χ2v) is 5.54. The third kappa shape index (κ3) is 2.99. The summed E-state index contributed by atoms with van der Waals surface area (Å²) in [4.78, 5) is 14.0. The van der Waals surface area contributed by atoms with E-state index in [9.17, 15) is 4.79 Å². The van der Waals surface area contributed by atoms with Gasteiger partial charge in [0.05, 0.1) is 10.6 Å². The highest BCUT2D eigenvalue weighted by Gasteiger charge is 2.17. The number of aryl methyl sites for hydroxylation is 1. The van der Waals surface area contributed by atoms with Crippen molar-refractivity contribution in [2.45, 2.75) is 6.92 Å². The van der Waals surface area contributed by atoms with E-state index in [1.54, 1.807) is 24.1 Å². The maximum Gasteiger partial charge on any atom is 0.259 e. The van der Waals surface area contributed by atoms with Crippen molar-refractivity contribution in [2.24, 2.45) is 0 Å². The molecule has 0 aliphatic rings. The van der Waals surface area contributed by atoms with Gasteiger partial charge in [-0.15, -0.1) is 0 Å². The van der Waals surface area contributed by atoms with Crippen molar-refractivity contribution in [1.29, 1.82) is 0 Å². The van der Waals surface area contributed by atoms with Crippen LogP contribution >= 0.6 is 27.5 Å². The quantitative estimate of drug-likeness (QED) is 0.778. The summed E-state index contributed by atoms with van der Waals surface area (Å²) in [5.41, 5.74) is 2.44. The second kappa shape index (κ2) is 5.76. The minimum Gasteiger partial charge on any atom is -0.311 e. The molecule has 0 radical (unpaired) electrons. The van der Waals surface area contributed by atoms with Crippen LogP contribution < -0.4 is 4.90 Å². The number of carbonyl (C=O) groups excluding carboxylic acids is 1. The third-order valence-corrected chi connectivity index (χ3v) is 4.17. The highest BCUT2D eigenvalue weighted by molar-refractivity contribution is 9.10. The Morgan fingerprint density at radius 2 is 1.89 bits per heavy atom. The van der Waals surface area contributed by atoms with E-state index < -0.39 is 0 Å². The standard InChI is InChI=1S/C15H13BrClNO/c1-10-5-3-6-11(9-10)18(2)15(19)12-7-4-8-13(16)14(12)17/h3-9H,1-2H3. The summed E-state index contributed by atoms with van der Waals surface area (Å²) < 4.78 is 0.720. The molecule has 0 spiro atoms. The van der Waals surface area contributed by atoms with E-state index in [2.05, 4.69) is 15.9 Å². The van der Waals surface area contributed by atoms with Crippen LogP contribution in [0.15, 0.2) is 46.9 Å². The Balaban J connectivity index is 2.36. The second-order valence-electron chi connectivity index (χ2n) is 4.30. The molecule has 0 bridgehead atoms. The van der Waals surface area contributed by atoms with Crippen molar-refractivity contribution in [3.05, 3.63) is 63.1 Å². The molecule has 2 nitrogen and oxygen atoms in total. The Bertz CT molecular complexity index is 627. The van der Waals surface area contributed by atoms with E-state index in [4.69, 9.17) is 11.6 Å². The molecule has 0 fully saturated rings. The van der Waals surface area contributed by atoms with Gasteiger partial charge in [0.25, 0.3) is 5.91 Å². The van der Waals surface area contributed by atoms with E-state index >= 15 is 0 Å².